The first kappa shape index (κ1) is 17.7. The van der Waals surface area contributed by atoms with E-state index in [1.54, 1.807) is 0 Å². The van der Waals surface area contributed by atoms with E-state index in [1.165, 1.54) is 0 Å². The summed E-state index contributed by atoms with van der Waals surface area (Å²) in [5, 5.41) is 2.04. The molecule has 0 saturated carbocycles. The first-order valence-electron chi connectivity index (χ1n) is 8.87. The monoisotopic (exact) mass is 348 g/mol. The van der Waals surface area contributed by atoms with Gasteiger partial charge < -0.3 is 9.47 Å². The average molecular weight is 348 g/mol. The van der Waals surface area contributed by atoms with Crippen LogP contribution in [0, 0.1) is 0 Å². The van der Waals surface area contributed by atoms with E-state index in [0.29, 0.717) is 13.2 Å². The number of benzene rings is 3. The summed E-state index contributed by atoms with van der Waals surface area (Å²) in [5.41, 5.74) is 6.51. The van der Waals surface area contributed by atoms with Gasteiger partial charge in [0, 0.05) is 0 Å². The van der Waals surface area contributed by atoms with Crippen molar-refractivity contribution in [3.8, 4) is 11.5 Å². The average Bonchev–Trinajstić information content (AvgIpc) is 2.69. The summed E-state index contributed by atoms with van der Waals surface area (Å²) in [7, 11) is 0. The van der Waals surface area contributed by atoms with Gasteiger partial charge in [-0.05, 0) is 74.5 Å². The number of ether oxygens (including phenoxy) is 2. The molecule has 0 amide bonds. The molecule has 0 saturated heterocycles. The Morgan fingerprint density at radius 3 is 1.54 bits per heavy atom. The number of hydrogen-bond donors (Lipinski definition) is 1. The lowest BCUT2D eigenvalue weighted by atomic mass is 10.2. The van der Waals surface area contributed by atoms with Crippen molar-refractivity contribution < 1.29 is 9.47 Å². The first-order chi connectivity index (χ1) is 12.8. The third-order valence-corrected chi connectivity index (χ3v) is 3.83. The highest BCUT2D eigenvalue weighted by molar-refractivity contribution is 5.69. The van der Waals surface area contributed by atoms with E-state index in [-0.39, 0.29) is 0 Å². The topological polar surface area (TPSA) is 33.7 Å². The summed E-state index contributed by atoms with van der Waals surface area (Å²) < 4.78 is 11.1. The fraction of sp³-hybridized carbons (Fsp3) is 0.182. The van der Waals surface area contributed by atoms with Crippen LogP contribution in [-0.2, 0) is 0 Å². The second-order valence-electron chi connectivity index (χ2n) is 5.67. The smallest absolute Gasteiger partial charge is 0.119 e. The lowest BCUT2D eigenvalue weighted by Gasteiger charge is -2.27. The quantitative estimate of drug-likeness (QED) is 0.533. The van der Waals surface area contributed by atoms with E-state index < -0.39 is 0 Å². The molecule has 3 aromatic rings. The summed E-state index contributed by atoms with van der Waals surface area (Å²) in [5.74, 6) is 1.73. The second-order valence-corrected chi connectivity index (χ2v) is 5.67. The minimum absolute atomic E-state index is 0.657. The molecular weight excluding hydrogens is 324 g/mol. The van der Waals surface area contributed by atoms with Gasteiger partial charge >= 0.3 is 0 Å². The van der Waals surface area contributed by atoms with E-state index in [1.807, 2.05) is 97.7 Å². The molecule has 0 spiro atoms. The third-order valence-electron chi connectivity index (χ3n) is 3.83. The van der Waals surface area contributed by atoms with Crippen molar-refractivity contribution in [2.45, 2.75) is 13.8 Å². The van der Waals surface area contributed by atoms with Crippen LogP contribution in [0.2, 0.25) is 0 Å². The van der Waals surface area contributed by atoms with Gasteiger partial charge in [0.25, 0.3) is 0 Å². The van der Waals surface area contributed by atoms with E-state index >= 15 is 0 Å². The van der Waals surface area contributed by atoms with Gasteiger partial charge in [0.2, 0.25) is 0 Å². The van der Waals surface area contributed by atoms with Crippen LogP contribution in [0.15, 0.2) is 78.9 Å². The van der Waals surface area contributed by atoms with Crippen LogP contribution in [0.5, 0.6) is 11.5 Å². The lowest BCUT2D eigenvalue weighted by molar-refractivity contribution is 0.340. The van der Waals surface area contributed by atoms with Gasteiger partial charge in [0.1, 0.15) is 11.5 Å². The maximum absolute atomic E-state index is 5.55. The highest BCUT2D eigenvalue weighted by Gasteiger charge is 2.10. The highest BCUT2D eigenvalue weighted by Crippen LogP contribution is 2.29. The fourth-order valence-electron chi connectivity index (χ4n) is 2.64. The Bertz CT molecular complexity index is 737. The molecule has 3 aromatic carbocycles. The van der Waals surface area contributed by atoms with Crippen LogP contribution in [0.1, 0.15) is 13.8 Å². The summed E-state index contributed by atoms with van der Waals surface area (Å²) in [6.45, 7) is 5.28. The van der Waals surface area contributed by atoms with E-state index in [0.717, 1.165) is 28.6 Å². The molecule has 0 bridgehead atoms. The molecule has 0 atom stereocenters. The molecule has 1 N–H and O–H groups in total. The maximum atomic E-state index is 5.55. The Kier molecular flexibility index (Phi) is 5.99. The van der Waals surface area contributed by atoms with Crippen molar-refractivity contribution in [3.63, 3.8) is 0 Å². The minimum Gasteiger partial charge on any atom is -0.494 e. The molecule has 134 valence electrons. The number of para-hydroxylation sites is 1. The molecule has 0 aromatic heterocycles. The number of hydrazine groups is 1. The molecule has 0 aliphatic carbocycles. The van der Waals surface area contributed by atoms with Gasteiger partial charge in [-0.25, -0.2) is 0 Å². The van der Waals surface area contributed by atoms with Gasteiger partial charge in [-0.15, -0.1) is 0 Å². The van der Waals surface area contributed by atoms with Gasteiger partial charge in [-0.1, -0.05) is 18.2 Å². The molecular formula is C22H24N2O2. The largest absolute Gasteiger partial charge is 0.494 e. The van der Waals surface area contributed by atoms with Crippen molar-refractivity contribution in [3.05, 3.63) is 78.9 Å². The predicted molar refractivity (Wildman–Crippen MR) is 107 cm³/mol. The van der Waals surface area contributed by atoms with E-state index in [2.05, 4.69) is 5.43 Å². The zero-order valence-electron chi connectivity index (χ0n) is 15.2. The SMILES string of the molecule is CCOc1ccc(N(Nc2ccccc2)c2ccc(OCC)cc2)cc1. The molecule has 3 rings (SSSR count). The normalized spacial score (nSPS) is 10.2. The Labute approximate surface area is 155 Å². The van der Waals surface area contributed by atoms with Crippen LogP contribution < -0.4 is 19.9 Å². The van der Waals surface area contributed by atoms with Crippen LogP contribution in [0.25, 0.3) is 0 Å². The molecule has 4 heteroatoms. The summed E-state index contributed by atoms with van der Waals surface area (Å²) >= 11 is 0. The van der Waals surface area contributed by atoms with Gasteiger partial charge in [-0.2, -0.15) is 0 Å². The van der Waals surface area contributed by atoms with Crippen LogP contribution in [0.4, 0.5) is 17.1 Å². The standard InChI is InChI=1S/C22H24N2O2/c1-3-25-21-14-10-19(11-15-21)24(23-18-8-6-5-7-9-18)20-12-16-22(17-13-20)26-4-2/h5-17,23H,3-4H2,1-2H3. The van der Waals surface area contributed by atoms with Crippen molar-refractivity contribution >= 4 is 17.1 Å². The van der Waals surface area contributed by atoms with Crippen molar-refractivity contribution in [1.82, 2.24) is 0 Å². The number of hydrogen-bond acceptors (Lipinski definition) is 4. The number of rotatable bonds is 8. The van der Waals surface area contributed by atoms with Crippen molar-refractivity contribution in [1.29, 1.82) is 0 Å². The lowest BCUT2D eigenvalue weighted by Crippen LogP contribution is -2.24. The zero-order chi connectivity index (χ0) is 18.2. The molecule has 0 radical (unpaired) electrons. The zero-order valence-corrected chi connectivity index (χ0v) is 15.2. The Hall–Kier alpha value is -3.14. The van der Waals surface area contributed by atoms with Gasteiger partial charge in [0.05, 0.1) is 30.3 Å². The third kappa shape index (κ3) is 4.48. The fourth-order valence-corrected chi connectivity index (χ4v) is 2.64. The second kappa shape index (κ2) is 8.81. The Morgan fingerprint density at radius 2 is 1.12 bits per heavy atom. The minimum atomic E-state index is 0.657. The van der Waals surface area contributed by atoms with Crippen molar-refractivity contribution in [2.75, 3.05) is 23.6 Å². The molecule has 0 heterocycles. The van der Waals surface area contributed by atoms with Crippen LogP contribution >= 0.6 is 0 Å². The summed E-state index contributed by atoms with van der Waals surface area (Å²) in [6, 6.07) is 26.2. The number of nitrogens with one attached hydrogen (secondary N) is 1. The van der Waals surface area contributed by atoms with Crippen LogP contribution in [0.3, 0.4) is 0 Å². The predicted octanol–water partition coefficient (Wildman–Crippen LogP) is 5.65. The highest BCUT2D eigenvalue weighted by atomic mass is 16.5. The van der Waals surface area contributed by atoms with Crippen molar-refractivity contribution in [2.24, 2.45) is 0 Å². The molecule has 26 heavy (non-hydrogen) atoms. The van der Waals surface area contributed by atoms with E-state index in [4.69, 9.17) is 9.47 Å². The summed E-state index contributed by atoms with van der Waals surface area (Å²) in [4.78, 5) is 0. The molecule has 0 aliphatic heterocycles. The van der Waals surface area contributed by atoms with Gasteiger partial charge in [-0.3, -0.25) is 10.4 Å². The van der Waals surface area contributed by atoms with Gasteiger partial charge in [0.15, 0.2) is 0 Å². The first-order valence-corrected chi connectivity index (χ1v) is 8.87. The summed E-state index contributed by atoms with van der Waals surface area (Å²) in [6.07, 6.45) is 0. The maximum Gasteiger partial charge on any atom is 0.119 e. The Balaban J connectivity index is 1.90. The van der Waals surface area contributed by atoms with E-state index in [9.17, 15) is 0 Å². The van der Waals surface area contributed by atoms with Crippen LogP contribution in [-0.4, -0.2) is 13.2 Å². The molecule has 0 aliphatic rings. The molecule has 0 fully saturated rings. The number of anilines is 3. The molecule has 4 nitrogen and oxygen atoms in total. The molecule has 0 unspecified atom stereocenters. The Morgan fingerprint density at radius 1 is 0.654 bits per heavy atom. The number of nitrogens with zero attached hydrogens (tertiary/aromatic N) is 1.